The van der Waals surface area contributed by atoms with Crippen LogP contribution in [0.15, 0.2) is 55.0 Å². The van der Waals surface area contributed by atoms with E-state index in [1.54, 1.807) is 13.3 Å². The molecule has 3 aliphatic rings. The number of carbonyl (C=O) groups excluding carboxylic acids is 1. The lowest BCUT2D eigenvalue weighted by Crippen LogP contribution is -2.47. The number of aromatic nitrogens is 7. The van der Waals surface area contributed by atoms with Gasteiger partial charge in [-0.25, -0.2) is 23.4 Å². The normalized spacial score (nSPS) is 21.0. The number of fused-ring (bicyclic) bond motifs is 6. The second kappa shape index (κ2) is 13.1. The van der Waals surface area contributed by atoms with Gasteiger partial charge in [-0.1, -0.05) is 12.1 Å². The summed E-state index contributed by atoms with van der Waals surface area (Å²) in [5, 5.41) is 14.1. The highest BCUT2D eigenvalue weighted by Crippen LogP contribution is 2.36. The van der Waals surface area contributed by atoms with E-state index in [0.717, 1.165) is 54.7 Å². The van der Waals surface area contributed by atoms with Crippen LogP contribution in [0.4, 0.5) is 14.6 Å². The fourth-order valence-corrected chi connectivity index (χ4v) is 7.56. The highest BCUT2D eigenvalue weighted by Gasteiger charge is 2.42. The van der Waals surface area contributed by atoms with Crippen molar-refractivity contribution in [1.29, 1.82) is 0 Å². The molecule has 1 fully saturated rings. The molecule has 0 radical (unpaired) electrons. The maximum Gasteiger partial charge on any atom is 0.245 e. The predicted octanol–water partition coefficient (Wildman–Crippen LogP) is 4.45. The first-order valence-corrected chi connectivity index (χ1v) is 16.9. The van der Waals surface area contributed by atoms with Crippen molar-refractivity contribution in [1.82, 2.24) is 39.4 Å². The molecular formula is C35H37F2N9O3. The maximum atomic E-state index is 14.8. The Morgan fingerprint density at radius 3 is 2.71 bits per heavy atom. The van der Waals surface area contributed by atoms with Gasteiger partial charge >= 0.3 is 0 Å². The zero-order valence-electron chi connectivity index (χ0n) is 27.2. The molecule has 12 nitrogen and oxygen atoms in total. The molecule has 0 saturated carbocycles. The highest BCUT2D eigenvalue weighted by atomic mass is 19.1. The van der Waals surface area contributed by atoms with Gasteiger partial charge in [0.15, 0.2) is 11.5 Å². The molecular weight excluding hydrogens is 632 g/mol. The summed E-state index contributed by atoms with van der Waals surface area (Å²) >= 11 is 0. The molecule has 0 aliphatic carbocycles. The topological polar surface area (TPSA) is 116 Å². The van der Waals surface area contributed by atoms with E-state index in [4.69, 9.17) is 9.47 Å². The van der Waals surface area contributed by atoms with Crippen LogP contribution in [-0.4, -0.2) is 90.8 Å². The second-order valence-corrected chi connectivity index (χ2v) is 12.9. The minimum atomic E-state index is -0.766. The molecule has 0 N–H and O–H groups in total. The number of hydrogen-bond acceptors (Lipinski definition) is 9. The van der Waals surface area contributed by atoms with Crippen molar-refractivity contribution in [2.24, 2.45) is 0 Å². The summed E-state index contributed by atoms with van der Waals surface area (Å²) in [6.07, 6.45) is 8.09. The smallest absolute Gasteiger partial charge is 0.245 e. The number of hydrogen-bond donors (Lipinski definition) is 0. The molecule has 8 rings (SSSR count). The van der Waals surface area contributed by atoms with Gasteiger partial charge in [0.1, 0.15) is 53.2 Å². The molecule has 1 saturated heterocycles. The Morgan fingerprint density at radius 1 is 1.02 bits per heavy atom. The molecule has 4 bridgehead atoms. The van der Waals surface area contributed by atoms with E-state index >= 15 is 0 Å². The molecule has 2 aromatic carbocycles. The third-order valence-corrected chi connectivity index (χ3v) is 9.79. The van der Waals surface area contributed by atoms with Crippen molar-refractivity contribution >= 4 is 22.8 Å². The van der Waals surface area contributed by atoms with Gasteiger partial charge < -0.3 is 23.8 Å². The van der Waals surface area contributed by atoms with Crippen molar-refractivity contribution in [2.45, 2.75) is 63.1 Å². The molecule has 3 atom stereocenters. The third kappa shape index (κ3) is 5.87. The third-order valence-electron chi connectivity index (χ3n) is 9.79. The number of benzene rings is 2. The number of halogens is 2. The van der Waals surface area contributed by atoms with Gasteiger partial charge in [0.2, 0.25) is 5.91 Å². The largest absolute Gasteiger partial charge is 0.488 e. The quantitative estimate of drug-likeness (QED) is 0.242. The molecule has 0 spiro atoms. The van der Waals surface area contributed by atoms with E-state index in [1.165, 1.54) is 23.1 Å². The lowest BCUT2D eigenvalue weighted by Gasteiger charge is -2.31. The highest BCUT2D eigenvalue weighted by molar-refractivity contribution is 5.92. The first-order chi connectivity index (χ1) is 24.0. The molecule has 1 amide bonds. The molecule has 254 valence electrons. The number of anilines is 1. The van der Waals surface area contributed by atoms with Crippen molar-refractivity contribution < 1.29 is 23.0 Å². The maximum absolute atomic E-state index is 14.8. The van der Waals surface area contributed by atoms with Crippen LogP contribution in [0.25, 0.3) is 16.7 Å². The van der Waals surface area contributed by atoms with Crippen LogP contribution in [-0.2, 0) is 22.4 Å². The van der Waals surface area contributed by atoms with Gasteiger partial charge in [-0.05, 0) is 55.5 Å². The lowest BCUT2D eigenvalue weighted by molar-refractivity contribution is -0.132. The first kappa shape index (κ1) is 31.3. The summed E-state index contributed by atoms with van der Waals surface area (Å²) in [6, 6.07) is 11.1. The minimum Gasteiger partial charge on any atom is -0.488 e. The zero-order valence-corrected chi connectivity index (χ0v) is 27.2. The van der Waals surface area contributed by atoms with E-state index in [1.807, 2.05) is 21.9 Å². The van der Waals surface area contributed by atoms with Crippen LogP contribution in [0.1, 0.15) is 55.4 Å². The summed E-state index contributed by atoms with van der Waals surface area (Å²) in [5.74, 6) is 1.69. The Bertz CT molecular complexity index is 2000. The van der Waals surface area contributed by atoms with Gasteiger partial charge in [0.25, 0.3) is 0 Å². The van der Waals surface area contributed by atoms with Crippen LogP contribution < -0.4 is 9.64 Å². The summed E-state index contributed by atoms with van der Waals surface area (Å²) in [6.45, 7) is 1.99. The molecule has 3 aromatic heterocycles. The molecule has 5 aromatic rings. The Balaban J connectivity index is 1.18. The Morgan fingerprint density at radius 2 is 1.88 bits per heavy atom. The molecule has 2 unspecified atom stereocenters. The van der Waals surface area contributed by atoms with Gasteiger partial charge in [0.05, 0.1) is 24.2 Å². The van der Waals surface area contributed by atoms with Gasteiger partial charge in [-0.2, -0.15) is 5.10 Å². The van der Waals surface area contributed by atoms with Crippen molar-refractivity contribution in [3.05, 3.63) is 83.8 Å². The number of rotatable bonds is 6. The standard InChI is InChI=1S/C35H37F2N9O3/c1-48-15-5-14-43-13-4-10-32-42-41-31-9-3-8-28(45(31)32)22-6-2-7-24(16-22)49-25-18-30(35(43)47)44(20-25)33-26-19-40-46(34(26)39-21-38-33)29-12-11-23(36)17-27(29)37/h2,6-7,11-12,16-17,19,21,25,28,30H,3-5,8-10,13-15,18,20H2,1H3/t25?,28?,30-/m0/s1. The Kier molecular flexibility index (Phi) is 8.40. The van der Waals surface area contributed by atoms with E-state index in [-0.39, 0.29) is 23.7 Å². The van der Waals surface area contributed by atoms with Gasteiger partial charge in [0, 0.05) is 52.1 Å². The number of aryl methyl sites for hydroxylation is 2. The van der Waals surface area contributed by atoms with E-state index in [9.17, 15) is 13.6 Å². The zero-order chi connectivity index (χ0) is 33.5. The Labute approximate surface area is 281 Å². The number of ether oxygens (including phenoxy) is 2. The van der Waals surface area contributed by atoms with Crippen LogP contribution in [0, 0.1) is 11.6 Å². The van der Waals surface area contributed by atoms with Crippen LogP contribution in [0.3, 0.4) is 0 Å². The lowest BCUT2D eigenvalue weighted by atomic mass is 9.96. The van der Waals surface area contributed by atoms with E-state index in [0.29, 0.717) is 62.4 Å². The monoisotopic (exact) mass is 669 g/mol. The average molecular weight is 670 g/mol. The summed E-state index contributed by atoms with van der Waals surface area (Å²) in [4.78, 5) is 27.5. The minimum absolute atomic E-state index is 0.0318. The summed E-state index contributed by atoms with van der Waals surface area (Å²) < 4.78 is 44.2. The Hall–Kier alpha value is -4.98. The molecule has 14 heteroatoms. The van der Waals surface area contributed by atoms with Crippen molar-refractivity contribution in [2.75, 3.05) is 38.3 Å². The van der Waals surface area contributed by atoms with E-state index in [2.05, 4.69) is 42.0 Å². The van der Waals surface area contributed by atoms with E-state index < -0.39 is 17.7 Å². The van der Waals surface area contributed by atoms with Gasteiger partial charge in [-0.15, -0.1) is 10.2 Å². The first-order valence-electron chi connectivity index (χ1n) is 16.9. The molecule has 3 aliphatic heterocycles. The predicted molar refractivity (Wildman–Crippen MR) is 176 cm³/mol. The fraction of sp³-hybridized carbons (Fsp3) is 0.429. The van der Waals surface area contributed by atoms with Gasteiger partial charge in [-0.3, -0.25) is 4.79 Å². The van der Waals surface area contributed by atoms with Crippen molar-refractivity contribution in [3.63, 3.8) is 0 Å². The number of nitrogens with zero attached hydrogens (tertiary/aromatic N) is 9. The van der Waals surface area contributed by atoms with Crippen LogP contribution in [0.5, 0.6) is 5.75 Å². The SMILES string of the molecule is COCCCN1CCCc2nnc3n2C(CCC3)c2cccc(c2)OC2C[C@@H](C1=O)N(c1ncnc3c1cnn3-c1ccc(F)cc1F)C2. The summed E-state index contributed by atoms with van der Waals surface area (Å²) in [7, 11) is 1.66. The van der Waals surface area contributed by atoms with Crippen LogP contribution in [0.2, 0.25) is 0 Å². The second-order valence-electron chi connectivity index (χ2n) is 12.9. The average Bonchev–Trinajstić information content (AvgIpc) is 3.84. The van der Waals surface area contributed by atoms with Crippen LogP contribution >= 0.6 is 0 Å². The molecule has 6 heterocycles. The fourth-order valence-electron chi connectivity index (χ4n) is 7.56. The van der Waals surface area contributed by atoms with Crippen molar-refractivity contribution in [3.8, 4) is 11.4 Å². The number of carbonyl (C=O) groups is 1. The summed E-state index contributed by atoms with van der Waals surface area (Å²) in [5.41, 5.74) is 1.55. The number of amides is 1. The number of methoxy groups -OCH3 is 1. The molecule has 49 heavy (non-hydrogen) atoms.